The Morgan fingerprint density at radius 3 is 2.48 bits per heavy atom. The lowest BCUT2D eigenvalue weighted by molar-refractivity contribution is -0.522. The van der Waals surface area contributed by atoms with E-state index >= 15 is 0 Å². The first-order chi connectivity index (χ1) is 18.4. The monoisotopic (exact) mass is 564 g/mol. The third-order valence-corrected chi connectivity index (χ3v) is 11.0. The lowest BCUT2D eigenvalue weighted by atomic mass is 9.43. The fourth-order valence-corrected chi connectivity index (χ4v) is 8.93. The van der Waals surface area contributed by atoms with E-state index < -0.39 is 81.5 Å². The number of nitrogens with one attached hydrogen (secondary N) is 3. The summed E-state index contributed by atoms with van der Waals surface area (Å²) in [6.45, 7) is 9.88. The standard InChI is InChI=1S/C26H36N4O10/c1-12(2)23(36)17(38-16(32)14-7-6-10-28-14)25(37)19(4)11-22(35)20(23,5)26(40-25,30-29-18(27)33)24(39-22)15(31)13(3)8-9-21(19,24)34/h6-7,10,12,15,17,28,30-31,34-37H,3,8-9,11H2,1-2,4-5H3,(H3,27,29,33)/t15-,17-,19+,20+,21+,22?,23-,24-,25+,26-/m1/s1. The number of hydrazine groups is 1. The molecule has 5 aliphatic rings. The molecule has 1 spiro atoms. The van der Waals surface area contributed by atoms with Gasteiger partial charge in [0.05, 0.1) is 5.41 Å². The van der Waals surface area contributed by atoms with E-state index in [-0.39, 0.29) is 24.1 Å². The Kier molecular flexibility index (Phi) is 5.13. The molecule has 40 heavy (non-hydrogen) atoms. The molecule has 1 aromatic heterocycles. The van der Waals surface area contributed by atoms with E-state index in [1.807, 2.05) is 0 Å². The van der Waals surface area contributed by atoms with E-state index in [0.717, 1.165) is 0 Å². The molecule has 1 aliphatic carbocycles. The molecule has 220 valence electrons. The minimum absolute atomic E-state index is 0.0114. The van der Waals surface area contributed by atoms with Gasteiger partial charge in [0.15, 0.2) is 23.2 Å². The number of rotatable bonds is 5. The summed E-state index contributed by atoms with van der Waals surface area (Å²) < 4.78 is 18.7. The van der Waals surface area contributed by atoms with Gasteiger partial charge in [0.2, 0.25) is 5.79 Å². The molecule has 0 radical (unpaired) electrons. The van der Waals surface area contributed by atoms with Gasteiger partial charge in [-0.15, -0.1) is 0 Å². The Labute approximate surface area is 229 Å². The van der Waals surface area contributed by atoms with Crippen molar-refractivity contribution >= 4 is 12.0 Å². The van der Waals surface area contributed by atoms with Gasteiger partial charge in [0.1, 0.15) is 28.4 Å². The molecule has 6 rings (SSSR count). The number of hydrogen-bond acceptors (Lipinski definition) is 11. The van der Waals surface area contributed by atoms with Crippen LogP contribution in [0.15, 0.2) is 30.5 Å². The van der Waals surface area contributed by atoms with Crippen molar-refractivity contribution in [2.45, 2.75) is 93.3 Å². The van der Waals surface area contributed by atoms with Crippen LogP contribution in [0.5, 0.6) is 0 Å². The topological polar surface area (TPSA) is 229 Å². The highest BCUT2D eigenvalue weighted by atomic mass is 16.8. The van der Waals surface area contributed by atoms with Crippen LogP contribution < -0.4 is 16.6 Å². The molecule has 1 saturated carbocycles. The molecule has 5 heterocycles. The van der Waals surface area contributed by atoms with E-state index in [9.17, 15) is 35.1 Å². The average molecular weight is 565 g/mol. The summed E-state index contributed by atoms with van der Waals surface area (Å²) in [5, 5.41) is 62.5. The highest BCUT2D eigenvalue weighted by Crippen LogP contribution is 2.84. The SMILES string of the molecule is C=C1CC[C@]2(O)[C@]3(C)CC4(O)O[C@@]2([C@@H]1O)[C@]1(NNC(N)=O)O[C@@]3(O)[C@H](OC(=O)c2ccc[nH]2)[C@](O)(C(C)C)[C@]41C. The number of amides is 2. The second kappa shape index (κ2) is 7.44. The Morgan fingerprint density at radius 1 is 1.23 bits per heavy atom. The Bertz CT molecular complexity index is 1320. The van der Waals surface area contributed by atoms with Gasteiger partial charge in [-0.3, -0.25) is 5.43 Å². The van der Waals surface area contributed by atoms with Crippen molar-refractivity contribution in [3.63, 3.8) is 0 Å². The number of aromatic nitrogens is 1. The molecule has 4 aliphatic heterocycles. The first-order valence-corrected chi connectivity index (χ1v) is 13.2. The Balaban J connectivity index is 1.71. The fraction of sp³-hybridized carbons (Fsp3) is 0.692. The van der Waals surface area contributed by atoms with E-state index in [1.54, 1.807) is 19.9 Å². The zero-order valence-electron chi connectivity index (χ0n) is 22.6. The highest BCUT2D eigenvalue weighted by Gasteiger charge is 3.04. The maximum absolute atomic E-state index is 13.3. The molecule has 10 atom stereocenters. The Hall–Kier alpha value is -2.56. The van der Waals surface area contributed by atoms with Gasteiger partial charge >= 0.3 is 12.0 Å². The number of aromatic amines is 1. The first kappa shape index (κ1) is 27.6. The van der Waals surface area contributed by atoms with Crippen LogP contribution in [0.2, 0.25) is 0 Å². The number of esters is 1. The maximum Gasteiger partial charge on any atom is 0.355 e. The predicted molar refractivity (Wildman–Crippen MR) is 133 cm³/mol. The second-order valence-electron chi connectivity index (χ2n) is 12.6. The van der Waals surface area contributed by atoms with Crippen molar-refractivity contribution < 1.29 is 49.3 Å². The predicted octanol–water partition coefficient (Wildman–Crippen LogP) is -1.16. The number of aliphatic hydroxyl groups excluding tert-OH is 1. The summed E-state index contributed by atoms with van der Waals surface area (Å²) in [7, 11) is 0. The number of hydrogen-bond donors (Lipinski definition) is 9. The normalized spacial score (nSPS) is 52.1. The summed E-state index contributed by atoms with van der Waals surface area (Å²) >= 11 is 0. The smallest absolute Gasteiger partial charge is 0.355 e. The quantitative estimate of drug-likeness (QED) is 0.118. The van der Waals surface area contributed by atoms with Crippen LogP contribution in [0, 0.1) is 16.7 Å². The van der Waals surface area contributed by atoms with Crippen LogP contribution in [-0.4, -0.2) is 88.8 Å². The maximum atomic E-state index is 13.3. The molecule has 1 unspecified atom stereocenters. The van der Waals surface area contributed by atoms with Crippen molar-refractivity contribution in [3.05, 3.63) is 36.2 Å². The van der Waals surface area contributed by atoms with Gasteiger partial charge in [-0.05, 0) is 43.4 Å². The van der Waals surface area contributed by atoms with Crippen molar-refractivity contribution in [2.24, 2.45) is 22.5 Å². The fourth-order valence-electron chi connectivity index (χ4n) is 8.93. The van der Waals surface area contributed by atoms with Crippen LogP contribution in [0.3, 0.4) is 0 Å². The highest BCUT2D eigenvalue weighted by molar-refractivity contribution is 5.87. The molecule has 5 fully saturated rings. The number of urea groups is 1. The number of carbonyl (C=O) groups excluding carboxylic acids is 2. The largest absolute Gasteiger partial charge is 0.449 e. The van der Waals surface area contributed by atoms with Crippen LogP contribution in [0.1, 0.15) is 57.4 Å². The number of ether oxygens (including phenoxy) is 3. The van der Waals surface area contributed by atoms with Gasteiger partial charge in [0.25, 0.3) is 0 Å². The lowest BCUT2D eigenvalue weighted by Gasteiger charge is -2.75. The number of primary amides is 1. The van der Waals surface area contributed by atoms with Gasteiger partial charge in [-0.2, -0.15) is 5.43 Å². The molecule has 5 bridgehead atoms. The second-order valence-corrected chi connectivity index (χ2v) is 12.6. The summed E-state index contributed by atoms with van der Waals surface area (Å²) in [5.41, 5.74) is -3.12. The van der Waals surface area contributed by atoms with Crippen molar-refractivity contribution in [3.8, 4) is 0 Å². The molecule has 10 N–H and O–H groups in total. The van der Waals surface area contributed by atoms with E-state index in [2.05, 4.69) is 22.4 Å². The third kappa shape index (κ3) is 2.36. The number of fused-ring (bicyclic) bond motifs is 4. The van der Waals surface area contributed by atoms with Crippen LogP contribution in [0.4, 0.5) is 4.79 Å². The number of nitrogens with two attached hydrogens (primary N) is 1. The van der Waals surface area contributed by atoms with Crippen LogP contribution >= 0.6 is 0 Å². The van der Waals surface area contributed by atoms with Gasteiger partial charge in [-0.1, -0.05) is 27.4 Å². The molecule has 2 amide bonds. The summed E-state index contributed by atoms with van der Waals surface area (Å²) in [6.07, 6.45) is -2.70. The van der Waals surface area contributed by atoms with Crippen molar-refractivity contribution in [1.82, 2.24) is 15.8 Å². The summed E-state index contributed by atoms with van der Waals surface area (Å²) in [4.78, 5) is 28.1. The zero-order chi connectivity index (χ0) is 29.5. The molecule has 4 saturated heterocycles. The summed E-state index contributed by atoms with van der Waals surface area (Å²) in [5.74, 6) is -7.02. The minimum atomic E-state index is -2.73. The van der Waals surface area contributed by atoms with Crippen LogP contribution in [0.25, 0.3) is 0 Å². The van der Waals surface area contributed by atoms with Crippen molar-refractivity contribution in [1.29, 1.82) is 0 Å². The Morgan fingerprint density at radius 2 is 1.90 bits per heavy atom. The molecule has 14 heteroatoms. The minimum Gasteiger partial charge on any atom is -0.449 e. The molecular formula is C26H36N4O10. The van der Waals surface area contributed by atoms with E-state index in [0.29, 0.717) is 0 Å². The molecule has 0 aromatic carbocycles. The average Bonchev–Trinajstić information content (AvgIpc) is 3.44. The molecular weight excluding hydrogens is 528 g/mol. The third-order valence-electron chi connectivity index (χ3n) is 11.0. The summed E-state index contributed by atoms with van der Waals surface area (Å²) in [6, 6.07) is 1.88. The van der Waals surface area contributed by atoms with Gasteiger partial charge in [0, 0.05) is 12.6 Å². The first-order valence-electron chi connectivity index (χ1n) is 13.2. The molecule has 1 aromatic rings. The zero-order valence-corrected chi connectivity index (χ0v) is 22.6. The van der Waals surface area contributed by atoms with E-state index in [4.69, 9.17) is 19.9 Å². The van der Waals surface area contributed by atoms with Gasteiger partial charge in [-0.25, -0.2) is 9.59 Å². The number of aliphatic hydroxyl groups is 5. The number of carbonyl (C=O) groups is 2. The van der Waals surface area contributed by atoms with Crippen molar-refractivity contribution in [2.75, 3.05) is 0 Å². The van der Waals surface area contributed by atoms with E-state index in [1.165, 1.54) is 26.1 Å². The number of H-pyrrole nitrogens is 1. The molecule has 14 nitrogen and oxygen atoms in total. The lowest BCUT2D eigenvalue weighted by Crippen LogP contribution is -2.97. The van der Waals surface area contributed by atoms with Crippen LogP contribution in [-0.2, 0) is 14.2 Å². The van der Waals surface area contributed by atoms with Gasteiger partial charge < -0.3 is 50.5 Å².